The van der Waals surface area contributed by atoms with Crippen molar-refractivity contribution in [2.45, 2.75) is 44.5 Å². The minimum atomic E-state index is -0.162. The van der Waals surface area contributed by atoms with E-state index in [1.54, 1.807) is 7.11 Å². The Morgan fingerprint density at radius 3 is 2.50 bits per heavy atom. The SMILES string of the molecule is CCCOc1ccc(CBr)c(OCCC(C)(C)OC)c1. The normalized spacial score (nSPS) is 11.4. The van der Waals surface area contributed by atoms with E-state index >= 15 is 0 Å². The molecule has 114 valence electrons. The molecule has 0 aliphatic heterocycles. The molecule has 0 spiro atoms. The van der Waals surface area contributed by atoms with E-state index in [1.807, 2.05) is 18.2 Å². The average molecular weight is 345 g/mol. The van der Waals surface area contributed by atoms with Crippen LogP contribution in [0.4, 0.5) is 0 Å². The average Bonchev–Trinajstić information content (AvgIpc) is 2.45. The third-order valence-corrected chi connectivity index (χ3v) is 3.77. The fourth-order valence-corrected chi connectivity index (χ4v) is 2.06. The summed E-state index contributed by atoms with van der Waals surface area (Å²) >= 11 is 3.49. The number of ether oxygens (including phenoxy) is 3. The topological polar surface area (TPSA) is 27.7 Å². The van der Waals surface area contributed by atoms with Crippen molar-refractivity contribution >= 4 is 15.9 Å². The maximum absolute atomic E-state index is 5.90. The lowest BCUT2D eigenvalue weighted by molar-refractivity contribution is 0.00538. The van der Waals surface area contributed by atoms with Crippen LogP contribution in [0.3, 0.4) is 0 Å². The van der Waals surface area contributed by atoms with E-state index in [2.05, 4.69) is 36.7 Å². The molecule has 1 aromatic carbocycles. The molecule has 0 atom stereocenters. The monoisotopic (exact) mass is 344 g/mol. The molecule has 0 unspecified atom stereocenters. The van der Waals surface area contributed by atoms with E-state index in [0.29, 0.717) is 6.61 Å². The highest BCUT2D eigenvalue weighted by Crippen LogP contribution is 2.27. The number of methoxy groups -OCH3 is 1. The fourth-order valence-electron chi connectivity index (χ4n) is 1.60. The van der Waals surface area contributed by atoms with Crippen LogP contribution in [-0.4, -0.2) is 25.9 Å². The fraction of sp³-hybridized carbons (Fsp3) is 0.625. The smallest absolute Gasteiger partial charge is 0.127 e. The predicted molar refractivity (Wildman–Crippen MR) is 86.1 cm³/mol. The number of rotatable bonds is 9. The lowest BCUT2D eigenvalue weighted by atomic mass is 10.1. The Morgan fingerprint density at radius 1 is 1.15 bits per heavy atom. The summed E-state index contributed by atoms with van der Waals surface area (Å²) in [7, 11) is 1.73. The number of benzene rings is 1. The standard InChI is InChI=1S/C16H25BrO3/c1-5-9-19-14-7-6-13(12-17)15(11-14)20-10-8-16(2,3)18-4/h6-7,11H,5,8-10,12H2,1-4H3. The van der Waals surface area contributed by atoms with Crippen molar-refractivity contribution in [2.24, 2.45) is 0 Å². The Morgan fingerprint density at radius 2 is 1.90 bits per heavy atom. The van der Waals surface area contributed by atoms with Crippen molar-refractivity contribution in [3.63, 3.8) is 0 Å². The van der Waals surface area contributed by atoms with Gasteiger partial charge in [0.05, 0.1) is 18.8 Å². The second-order valence-electron chi connectivity index (χ2n) is 5.31. The maximum Gasteiger partial charge on any atom is 0.127 e. The van der Waals surface area contributed by atoms with E-state index in [0.717, 1.165) is 41.8 Å². The molecular formula is C16H25BrO3. The Hall–Kier alpha value is -0.740. The third-order valence-electron chi connectivity index (χ3n) is 3.17. The lowest BCUT2D eigenvalue weighted by Gasteiger charge is -2.23. The summed E-state index contributed by atoms with van der Waals surface area (Å²) in [6.07, 6.45) is 1.84. The van der Waals surface area contributed by atoms with Gasteiger partial charge in [-0.25, -0.2) is 0 Å². The molecule has 20 heavy (non-hydrogen) atoms. The third kappa shape index (κ3) is 5.71. The van der Waals surface area contributed by atoms with Gasteiger partial charge in [0.15, 0.2) is 0 Å². The summed E-state index contributed by atoms with van der Waals surface area (Å²) < 4.78 is 16.9. The van der Waals surface area contributed by atoms with Crippen molar-refractivity contribution in [1.29, 1.82) is 0 Å². The zero-order valence-corrected chi connectivity index (χ0v) is 14.5. The van der Waals surface area contributed by atoms with Gasteiger partial charge in [0.2, 0.25) is 0 Å². The van der Waals surface area contributed by atoms with E-state index in [-0.39, 0.29) is 5.60 Å². The number of halogens is 1. The van der Waals surface area contributed by atoms with Crippen LogP contribution in [-0.2, 0) is 10.1 Å². The van der Waals surface area contributed by atoms with Gasteiger partial charge in [-0.2, -0.15) is 0 Å². The number of hydrogen-bond donors (Lipinski definition) is 0. The highest BCUT2D eigenvalue weighted by molar-refractivity contribution is 9.08. The Bertz CT molecular complexity index is 405. The van der Waals surface area contributed by atoms with E-state index in [1.165, 1.54) is 0 Å². The van der Waals surface area contributed by atoms with Crippen LogP contribution in [0.1, 0.15) is 39.2 Å². The summed E-state index contributed by atoms with van der Waals surface area (Å²) in [5.74, 6) is 1.74. The summed E-state index contributed by atoms with van der Waals surface area (Å²) in [6, 6.07) is 5.99. The van der Waals surface area contributed by atoms with E-state index in [4.69, 9.17) is 14.2 Å². The van der Waals surface area contributed by atoms with Gasteiger partial charge in [-0.3, -0.25) is 0 Å². The molecule has 0 aliphatic rings. The molecule has 0 aromatic heterocycles. The van der Waals surface area contributed by atoms with Gasteiger partial charge in [-0.05, 0) is 26.3 Å². The Balaban J connectivity index is 2.66. The van der Waals surface area contributed by atoms with Crippen LogP contribution in [0.15, 0.2) is 18.2 Å². The van der Waals surface area contributed by atoms with E-state index < -0.39 is 0 Å². The van der Waals surface area contributed by atoms with Gasteiger partial charge < -0.3 is 14.2 Å². The highest BCUT2D eigenvalue weighted by Gasteiger charge is 2.16. The molecule has 3 nitrogen and oxygen atoms in total. The van der Waals surface area contributed by atoms with Crippen molar-refractivity contribution in [2.75, 3.05) is 20.3 Å². The summed E-state index contributed by atoms with van der Waals surface area (Å²) in [4.78, 5) is 0. The molecule has 0 saturated heterocycles. The van der Waals surface area contributed by atoms with Crippen molar-refractivity contribution in [3.8, 4) is 11.5 Å². The van der Waals surface area contributed by atoms with Crippen molar-refractivity contribution in [1.82, 2.24) is 0 Å². The van der Waals surface area contributed by atoms with Gasteiger partial charge in [-0.15, -0.1) is 0 Å². The second kappa shape index (κ2) is 8.53. The Labute approximate surface area is 130 Å². The number of hydrogen-bond acceptors (Lipinski definition) is 3. The minimum Gasteiger partial charge on any atom is -0.493 e. The first-order chi connectivity index (χ1) is 9.52. The Kier molecular flexibility index (Phi) is 7.38. The van der Waals surface area contributed by atoms with Crippen molar-refractivity contribution in [3.05, 3.63) is 23.8 Å². The van der Waals surface area contributed by atoms with Gasteiger partial charge in [-0.1, -0.05) is 28.9 Å². The van der Waals surface area contributed by atoms with Crippen LogP contribution < -0.4 is 9.47 Å². The molecule has 0 heterocycles. The molecule has 4 heteroatoms. The molecular weight excluding hydrogens is 320 g/mol. The first-order valence-corrected chi connectivity index (χ1v) is 8.14. The second-order valence-corrected chi connectivity index (χ2v) is 5.87. The van der Waals surface area contributed by atoms with Crippen LogP contribution in [0.2, 0.25) is 0 Å². The van der Waals surface area contributed by atoms with Gasteiger partial charge >= 0.3 is 0 Å². The summed E-state index contributed by atoms with van der Waals surface area (Å²) in [6.45, 7) is 7.56. The van der Waals surface area contributed by atoms with Crippen LogP contribution in [0.5, 0.6) is 11.5 Å². The first kappa shape index (κ1) is 17.3. The molecule has 0 aliphatic carbocycles. The predicted octanol–water partition coefficient (Wildman–Crippen LogP) is 4.56. The molecule has 0 saturated carbocycles. The quantitative estimate of drug-likeness (QED) is 0.614. The van der Waals surface area contributed by atoms with Crippen LogP contribution >= 0.6 is 15.9 Å². The minimum absolute atomic E-state index is 0.162. The van der Waals surface area contributed by atoms with Crippen molar-refractivity contribution < 1.29 is 14.2 Å². The van der Waals surface area contributed by atoms with Gasteiger partial charge in [0.25, 0.3) is 0 Å². The van der Waals surface area contributed by atoms with Gasteiger partial charge in [0, 0.05) is 30.5 Å². The number of alkyl halides is 1. The molecule has 1 aromatic rings. The highest BCUT2D eigenvalue weighted by atomic mass is 79.9. The summed E-state index contributed by atoms with van der Waals surface area (Å²) in [5, 5.41) is 0.768. The zero-order chi connectivity index (χ0) is 15.0. The molecule has 0 radical (unpaired) electrons. The van der Waals surface area contributed by atoms with Crippen LogP contribution in [0.25, 0.3) is 0 Å². The molecule has 1 rings (SSSR count). The maximum atomic E-state index is 5.90. The largest absolute Gasteiger partial charge is 0.493 e. The molecule has 0 N–H and O–H groups in total. The summed E-state index contributed by atoms with van der Waals surface area (Å²) in [5.41, 5.74) is 0.967. The molecule has 0 amide bonds. The van der Waals surface area contributed by atoms with Crippen LogP contribution in [0, 0.1) is 0 Å². The van der Waals surface area contributed by atoms with Gasteiger partial charge in [0.1, 0.15) is 11.5 Å². The zero-order valence-electron chi connectivity index (χ0n) is 12.9. The molecule has 0 fully saturated rings. The first-order valence-electron chi connectivity index (χ1n) is 7.02. The van der Waals surface area contributed by atoms with E-state index in [9.17, 15) is 0 Å². The molecule has 0 bridgehead atoms. The lowest BCUT2D eigenvalue weighted by Crippen LogP contribution is -2.25.